The molecule has 0 saturated carbocycles. The second kappa shape index (κ2) is 8.75. The first kappa shape index (κ1) is 16.8. The smallest absolute Gasteiger partial charge is 0.315 e. The third-order valence-electron chi connectivity index (χ3n) is 3.32. The molecule has 0 aliphatic rings. The number of hydrogen-bond acceptors (Lipinski definition) is 4. The second-order valence-corrected chi connectivity index (χ2v) is 4.95. The number of amides is 2. The largest absolute Gasteiger partial charge is 0.481 e. The molecule has 0 atom stereocenters. The Kier molecular flexibility index (Phi) is 6.38. The molecule has 6 nitrogen and oxygen atoms in total. The van der Waals surface area contributed by atoms with Crippen molar-refractivity contribution >= 4 is 6.03 Å². The van der Waals surface area contributed by atoms with Crippen LogP contribution >= 0.6 is 0 Å². The first-order chi connectivity index (χ1) is 11.2. The van der Waals surface area contributed by atoms with Gasteiger partial charge in [0.25, 0.3) is 0 Å². The highest BCUT2D eigenvalue weighted by atomic mass is 16.5. The van der Waals surface area contributed by atoms with E-state index in [4.69, 9.17) is 9.47 Å². The van der Waals surface area contributed by atoms with Crippen LogP contribution in [-0.4, -0.2) is 25.2 Å². The van der Waals surface area contributed by atoms with E-state index < -0.39 is 0 Å². The fraction of sp³-hybridized carbons (Fsp3) is 0.294. The Morgan fingerprint density at radius 1 is 1.04 bits per heavy atom. The number of nitrogens with one attached hydrogen (secondary N) is 2. The SMILES string of the molecule is COCc1ccccc1CNC(=O)NCc1ccc(OC)nc1. The molecule has 6 heteroatoms. The summed E-state index contributed by atoms with van der Waals surface area (Å²) in [5.41, 5.74) is 3.01. The molecule has 0 spiro atoms. The highest BCUT2D eigenvalue weighted by molar-refractivity contribution is 5.73. The lowest BCUT2D eigenvalue weighted by Gasteiger charge is -2.11. The maximum Gasteiger partial charge on any atom is 0.315 e. The standard InChI is InChI=1S/C17H21N3O3/c1-22-12-15-6-4-3-5-14(15)11-20-17(21)19-10-13-7-8-16(23-2)18-9-13/h3-9H,10-12H2,1-2H3,(H2,19,20,21). The Morgan fingerprint density at radius 2 is 1.78 bits per heavy atom. The van der Waals surface area contributed by atoms with E-state index in [2.05, 4.69) is 15.6 Å². The monoisotopic (exact) mass is 315 g/mol. The van der Waals surface area contributed by atoms with Crippen LogP contribution in [0.1, 0.15) is 16.7 Å². The minimum Gasteiger partial charge on any atom is -0.481 e. The van der Waals surface area contributed by atoms with Crippen LogP contribution in [0, 0.1) is 0 Å². The van der Waals surface area contributed by atoms with Gasteiger partial charge in [-0.05, 0) is 16.7 Å². The zero-order valence-corrected chi connectivity index (χ0v) is 13.3. The molecule has 0 bridgehead atoms. The molecule has 122 valence electrons. The molecule has 2 N–H and O–H groups in total. The average Bonchev–Trinajstić information content (AvgIpc) is 2.60. The van der Waals surface area contributed by atoms with Crippen molar-refractivity contribution in [1.29, 1.82) is 0 Å². The van der Waals surface area contributed by atoms with Crippen LogP contribution in [0.25, 0.3) is 0 Å². The second-order valence-electron chi connectivity index (χ2n) is 4.95. The number of benzene rings is 1. The first-order valence-electron chi connectivity index (χ1n) is 7.29. The third kappa shape index (κ3) is 5.27. The molecule has 0 fully saturated rings. The van der Waals surface area contributed by atoms with Crippen molar-refractivity contribution in [3.8, 4) is 5.88 Å². The number of aromatic nitrogens is 1. The fourth-order valence-electron chi connectivity index (χ4n) is 2.08. The fourth-order valence-corrected chi connectivity index (χ4v) is 2.08. The molecular formula is C17H21N3O3. The number of pyridine rings is 1. The molecule has 1 aromatic carbocycles. The summed E-state index contributed by atoms with van der Waals surface area (Å²) in [5.74, 6) is 0.549. The summed E-state index contributed by atoms with van der Waals surface area (Å²) in [6.07, 6.45) is 1.67. The van der Waals surface area contributed by atoms with Crippen molar-refractivity contribution in [2.75, 3.05) is 14.2 Å². The van der Waals surface area contributed by atoms with Gasteiger partial charge in [-0.3, -0.25) is 0 Å². The summed E-state index contributed by atoms with van der Waals surface area (Å²) in [6, 6.07) is 11.2. The van der Waals surface area contributed by atoms with Crippen molar-refractivity contribution in [2.45, 2.75) is 19.7 Å². The van der Waals surface area contributed by atoms with Crippen molar-refractivity contribution in [1.82, 2.24) is 15.6 Å². The molecule has 23 heavy (non-hydrogen) atoms. The van der Waals surface area contributed by atoms with Crippen LogP contribution in [0.3, 0.4) is 0 Å². The number of carbonyl (C=O) groups is 1. The van der Waals surface area contributed by atoms with E-state index in [0.717, 1.165) is 16.7 Å². The van der Waals surface area contributed by atoms with Crippen LogP contribution in [-0.2, 0) is 24.4 Å². The number of ether oxygens (including phenoxy) is 2. The Bertz CT molecular complexity index is 629. The summed E-state index contributed by atoms with van der Waals surface area (Å²) < 4.78 is 10.1. The van der Waals surface area contributed by atoms with E-state index in [1.54, 1.807) is 26.5 Å². The molecule has 1 heterocycles. The number of rotatable bonds is 7. The van der Waals surface area contributed by atoms with Crippen molar-refractivity contribution in [3.63, 3.8) is 0 Å². The number of hydrogen-bond donors (Lipinski definition) is 2. The normalized spacial score (nSPS) is 10.2. The lowest BCUT2D eigenvalue weighted by atomic mass is 10.1. The highest BCUT2D eigenvalue weighted by Crippen LogP contribution is 2.09. The summed E-state index contributed by atoms with van der Waals surface area (Å²) in [4.78, 5) is 16.0. The number of methoxy groups -OCH3 is 2. The quantitative estimate of drug-likeness (QED) is 0.822. The Labute approximate surface area is 135 Å². The van der Waals surface area contributed by atoms with E-state index in [-0.39, 0.29) is 6.03 Å². The Balaban J connectivity index is 1.81. The van der Waals surface area contributed by atoms with Gasteiger partial charge in [0.05, 0.1) is 13.7 Å². The van der Waals surface area contributed by atoms with Crippen LogP contribution in [0.2, 0.25) is 0 Å². The van der Waals surface area contributed by atoms with Gasteiger partial charge < -0.3 is 20.1 Å². The van der Waals surface area contributed by atoms with E-state index in [1.165, 1.54) is 0 Å². The molecule has 0 radical (unpaired) electrons. The molecule has 2 rings (SSSR count). The summed E-state index contributed by atoms with van der Waals surface area (Å²) in [7, 11) is 3.22. The predicted octanol–water partition coefficient (Wildman–Crippen LogP) is 2.24. The van der Waals surface area contributed by atoms with Crippen LogP contribution < -0.4 is 15.4 Å². The Morgan fingerprint density at radius 3 is 2.43 bits per heavy atom. The lowest BCUT2D eigenvalue weighted by molar-refractivity contribution is 0.184. The number of urea groups is 1. The summed E-state index contributed by atoms with van der Waals surface area (Å²) >= 11 is 0. The van der Waals surface area contributed by atoms with Crippen molar-refractivity contribution in [3.05, 3.63) is 59.3 Å². The lowest BCUT2D eigenvalue weighted by Crippen LogP contribution is -2.34. The van der Waals surface area contributed by atoms with Gasteiger partial charge in [0.15, 0.2) is 0 Å². The molecular weight excluding hydrogens is 294 g/mol. The van der Waals surface area contributed by atoms with Crippen LogP contribution in [0.4, 0.5) is 4.79 Å². The molecule has 0 unspecified atom stereocenters. The van der Waals surface area contributed by atoms with Gasteiger partial charge in [0.1, 0.15) is 0 Å². The van der Waals surface area contributed by atoms with Gasteiger partial charge in [-0.2, -0.15) is 0 Å². The minimum atomic E-state index is -0.229. The molecule has 0 saturated heterocycles. The van der Waals surface area contributed by atoms with Gasteiger partial charge in [-0.25, -0.2) is 9.78 Å². The average molecular weight is 315 g/mol. The summed E-state index contributed by atoms with van der Waals surface area (Å²) in [5, 5.41) is 5.64. The topological polar surface area (TPSA) is 72.5 Å². The van der Waals surface area contributed by atoms with Gasteiger partial charge >= 0.3 is 6.03 Å². The minimum absolute atomic E-state index is 0.229. The predicted molar refractivity (Wildman–Crippen MR) is 87.0 cm³/mol. The number of carbonyl (C=O) groups excluding carboxylic acids is 1. The van der Waals surface area contributed by atoms with Crippen molar-refractivity contribution in [2.24, 2.45) is 0 Å². The summed E-state index contributed by atoms with van der Waals surface area (Å²) in [6.45, 7) is 1.38. The first-order valence-corrected chi connectivity index (χ1v) is 7.29. The Hall–Kier alpha value is -2.60. The van der Waals surface area contributed by atoms with Crippen LogP contribution in [0.5, 0.6) is 5.88 Å². The molecule has 0 aliphatic heterocycles. The molecule has 1 aromatic heterocycles. The zero-order chi connectivity index (χ0) is 16.5. The maximum atomic E-state index is 11.9. The van der Waals surface area contributed by atoms with Crippen molar-refractivity contribution < 1.29 is 14.3 Å². The van der Waals surface area contributed by atoms with Gasteiger partial charge in [0, 0.05) is 32.5 Å². The van der Waals surface area contributed by atoms with E-state index in [0.29, 0.717) is 25.6 Å². The van der Waals surface area contributed by atoms with E-state index >= 15 is 0 Å². The van der Waals surface area contributed by atoms with E-state index in [1.807, 2.05) is 30.3 Å². The van der Waals surface area contributed by atoms with Gasteiger partial charge in [-0.15, -0.1) is 0 Å². The third-order valence-corrected chi connectivity index (χ3v) is 3.32. The molecule has 0 aliphatic carbocycles. The molecule has 2 amide bonds. The highest BCUT2D eigenvalue weighted by Gasteiger charge is 2.05. The van der Waals surface area contributed by atoms with Gasteiger partial charge in [-0.1, -0.05) is 30.3 Å². The van der Waals surface area contributed by atoms with Crippen LogP contribution in [0.15, 0.2) is 42.6 Å². The van der Waals surface area contributed by atoms with Gasteiger partial charge in [0.2, 0.25) is 5.88 Å². The van der Waals surface area contributed by atoms with E-state index in [9.17, 15) is 4.79 Å². The zero-order valence-electron chi connectivity index (χ0n) is 13.3. The maximum absolute atomic E-state index is 11.9. The molecule has 2 aromatic rings. The number of nitrogens with zero attached hydrogens (tertiary/aromatic N) is 1.